The van der Waals surface area contributed by atoms with Gasteiger partial charge in [0.05, 0.1) is 30.4 Å². The van der Waals surface area contributed by atoms with E-state index in [4.69, 9.17) is 9.47 Å². The molecule has 1 fully saturated rings. The molecule has 2 aromatic rings. The maximum Gasteiger partial charge on any atom is 0.295 e. The van der Waals surface area contributed by atoms with Gasteiger partial charge in [0, 0.05) is 13.1 Å². The van der Waals surface area contributed by atoms with Crippen LogP contribution in [0, 0.1) is 0 Å². The highest BCUT2D eigenvalue weighted by Gasteiger charge is 2.46. The first kappa shape index (κ1) is 27.3. The molecule has 1 N–H and O–H groups in total. The normalized spacial score (nSPS) is 17.8. The van der Waals surface area contributed by atoms with Crippen molar-refractivity contribution in [3.8, 4) is 11.5 Å². The average molecular weight is 495 g/mol. The molecule has 1 amide bonds. The van der Waals surface area contributed by atoms with Crippen molar-refractivity contribution in [2.45, 2.75) is 52.2 Å². The highest BCUT2D eigenvalue weighted by atomic mass is 16.5. The molecule has 0 radical (unpaired) electrons. The Morgan fingerprint density at radius 1 is 1.08 bits per heavy atom. The third-order valence-corrected chi connectivity index (χ3v) is 6.22. The van der Waals surface area contributed by atoms with E-state index in [1.807, 2.05) is 69.2 Å². The zero-order valence-corrected chi connectivity index (χ0v) is 22.6. The molecule has 1 heterocycles. The van der Waals surface area contributed by atoms with Gasteiger partial charge in [-0.3, -0.25) is 9.59 Å². The molecule has 0 saturated carbocycles. The van der Waals surface area contributed by atoms with Crippen LogP contribution in [0.2, 0.25) is 0 Å². The highest BCUT2D eigenvalue weighted by Crippen LogP contribution is 2.42. The summed E-state index contributed by atoms with van der Waals surface area (Å²) in [6.07, 6.45) is 0.0177. The number of hydrogen-bond donors (Lipinski definition) is 1. The topological polar surface area (TPSA) is 79.3 Å². The molecule has 7 heteroatoms. The Bertz CT molecular complexity index is 1140. The lowest BCUT2D eigenvalue weighted by Crippen LogP contribution is -2.35. The van der Waals surface area contributed by atoms with Gasteiger partial charge in [0.1, 0.15) is 17.3 Å². The number of methoxy groups -OCH3 is 1. The summed E-state index contributed by atoms with van der Waals surface area (Å²) in [5.41, 5.74) is 1.95. The standard InChI is InChI=1S/C29H38N2O5/c1-18(2)36-21-12-9-19(10-13-21)25-24(27(33)28(34)31(25)16-15-30(6)7)26(32)22-17-20(29(3,4)5)11-14-23(22)35-8/h9-14,17-18,25,32H,15-16H2,1-8H3/b26-24+. The van der Waals surface area contributed by atoms with Crippen LogP contribution in [-0.4, -0.2) is 67.0 Å². The predicted molar refractivity (Wildman–Crippen MR) is 141 cm³/mol. The summed E-state index contributed by atoms with van der Waals surface area (Å²) in [4.78, 5) is 30.0. The number of carbonyl (C=O) groups is 2. The average Bonchev–Trinajstić information content (AvgIpc) is 3.06. The van der Waals surface area contributed by atoms with Crippen LogP contribution in [0.15, 0.2) is 48.0 Å². The lowest BCUT2D eigenvalue weighted by atomic mass is 9.85. The molecular weight excluding hydrogens is 456 g/mol. The van der Waals surface area contributed by atoms with Gasteiger partial charge in [0.2, 0.25) is 0 Å². The molecule has 3 rings (SSSR count). The van der Waals surface area contributed by atoms with Gasteiger partial charge in [-0.15, -0.1) is 0 Å². The fourth-order valence-corrected chi connectivity index (χ4v) is 4.27. The molecule has 2 aromatic carbocycles. The van der Waals surface area contributed by atoms with E-state index in [9.17, 15) is 14.7 Å². The van der Waals surface area contributed by atoms with Crippen LogP contribution in [0.3, 0.4) is 0 Å². The second-order valence-corrected chi connectivity index (χ2v) is 10.7. The van der Waals surface area contributed by atoms with Gasteiger partial charge in [0.15, 0.2) is 0 Å². The number of rotatable bonds is 8. The Morgan fingerprint density at radius 3 is 2.25 bits per heavy atom. The molecule has 0 aliphatic carbocycles. The summed E-state index contributed by atoms with van der Waals surface area (Å²) in [5, 5.41) is 11.6. The number of aliphatic hydroxyl groups is 1. The molecule has 1 aliphatic heterocycles. The molecule has 1 saturated heterocycles. The van der Waals surface area contributed by atoms with E-state index in [1.54, 1.807) is 6.07 Å². The fraction of sp³-hybridized carbons (Fsp3) is 0.448. The van der Waals surface area contributed by atoms with Crippen molar-refractivity contribution in [2.24, 2.45) is 0 Å². The molecule has 0 bridgehead atoms. The second-order valence-electron chi connectivity index (χ2n) is 10.7. The Morgan fingerprint density at radius 2 is 1.72 bits per heavy atom. The second kappa shape index (κ2) is 10.7. The van der Waals surface area contributed by atoms with Crippen LogP contribution in [0.1, 0.15) is 57.4 Å². The number of aliphatic hydroxyl groups excluding tert-OH is 1. The van der Waals surface area contributed by atoms with Crippen molar-refractivity contribution < 1.29 is 24.2 Å². The Labute approximate surface area is 214 Å². The summed E-state index contributed by atoms with van der Waals surface area (Å²) >= 11 is 0. The number of benzene rings is 2. The van der Waals surface area contributed by atoms with Gasteiger partial charge in [-0.25, -0.2) is 0 Å². The minimum atomic E-state index is -0.735. The van der Waals surface area contributed by atoms with Gasteiger partial charge in [-0.05, 0) is 68.8 Å². The van der Waals surface area contributed by atoms with Crippen LogP contribution >= 0.6 is 0 Å². The third-order valence-electron chi connectivity index (χ3n) is 6.22. The zero-order chi connectivity index (χ0) is 26.8. The molecule has 0 aromatic heterocycles. The van der Waals surface area contributed by atoms with Crippen LogP contribution < -0.4 is 9.47 Å². The van der Waals surface area contributed by atoms with Crippen LogP contribution in [-0.2, 0) is 15.0 Å². The molecule has 36 heavy (non-hydrogen) atoms. The SMILES string of the molecule is COc1ccc(C(C)(C)C)cc1/C(O)=C1\C(=O)C(=O)N(CCN(C)C)C1c1ccc(OC(C)C)cc1. The fourth-order valence-electron chi connectivity index (χ4n) is 4.27. The van der Waals surface area contributed by atoms with Gasteiger partial charge < -0.3 is 24.4 Å². The summed E-state index contributed by atoms with van der Waals surface area (Å²) < 4.78 is 11.3. The monoisotopic (exact) mass is 494 g/mol. The third kappa shape index (κ3) is 5.73. The first-order valence-corrected chi connectivity index (χ1v) is 12.2. The van der Waals surface area contributed by atoms with E-state index < -0.39 is 17.7 Å². The van der Waals surface area contributed by atoms with E-state index in [2.05, 4.69) is 20.8 Å². The quantitative estimate of drug-likeness (QED) is 0.324. The molecular formula is C29H38N2O5. The van der Waals surface area contributed by atoms with E-state index in [-0.39, 0.29) is 22.9 Å². The van der Waals surface area contributed by atoms with Crippen molar-refractivity contribution >= 4 is 17.4 Å². The highest BCUT2D eigenvalue weighted by molar-refractivity contribution is 6.46. The maximum atomic E-state index is 13.4. The number of likely N-dealkylation sites (N-methyl/N-ethyl adjacent to an activating group) is 1. The maximum absolute atomic E-state index is 13.4. The Hall–Kier alpha value is -3.32. The van der Waals surface area contributed by atoms with Gasteiger partial charge in [0.25, 0.3) is 11.7 Å². The van der Waals surface area contributed by atoms with Crippen molar-refractivity contribution in [3.05, 3.63) is 64.7 Å². The van der Waals surface area contributed by atoms with Gasteiger partial charge in [-0.1, -0.05) is 39.0 Å². The number of carbonyl (C=O) groups excluding carboxylic acids is 2. The van der Waals surface area contributed by atoms with Crippen LogP contribution in [0.5, 0.6) is 11.5 Å². The van der Waals surface area contributed by atoms with Crippen LogP contribution in [0.4, 0.5) is 0 Å². The van der Waals surface area contributed by atoms with Crippen molar-refractivity contribution in [3.63, 3.8) is 0 Å². The summed E-state index contributed by atoms with van der Waals surface area (Å²) in [5.74, 6) is -0.451. The lowest BCUT2D eigenvalue weighted by Gasteiger charge is -2.27. The minimum absolute atomic E-state index is 0.0177. The Balaban J connectivity index is 2.20. The summed E-state index contributed by atoms with van der Waals surface area (Å²) in [7, 11) is 5.34. The number of ether oxygens (including phenoxy) is 2. The number of hydrogen-bond acceptors (Lipinski definition) is 6. The summed E-state index contributed by atoms with van der Waals surface area (Å²) in [6, 6.07) is 12.1. The zero-order valence-electron chi connectivity index (χ0n) is 22.6. The Kier molecular flexibility index (Phi) is 8.14. The summed E-state index contributed by atoms with van der Waals surface area (Å²) in [6.45, 7) is 11.0. The molecule has 1 unspecified atom stereocenters. The number of nitrogens with zero attached hydrogens (tertiary/aromatic N) is 2. The van der Waals surface area contributed by atoms with E-state index in [0.29, 0.717) is 30.2 Å². The lowest BCUT2D eigenvalue weighted by molar-refractivity contribution is -0.140. The molecule has 194 valence electrons. The largest absolute Gasteiger partial charge is 0.507 e. The first-order chi connectivity index (χ1) is 16.8. The first-order valence-electron chi connectivity index (χ1n) is 12.2. The van der Waals surface area contributed by atoms with Gasteiger partial charge >= 0.3 is 0 Å². The number of ketones is 1. The number of likely N-dealkylation sites (tertiary alicyclic amines) is 1. The van der Waals surface area contributed by atoms with Crippen molar-refractivity contribution in [1.82, 2.24) is 9.80 Å². The van der Waals surface area contributed by atoms with E-state index >= 15 is 0 Å². The van der Waals surface area contributed by atoms with E-state index in [0.717, 1.165) is 11.1 Å². The molecule has 1 aliphatic rings. The van der Waals surface area contributed by atoms with Crippen molar-refractivity contribution in [1.29, 1.82) is 0 Å². The van der Waals surface area contributed by atoms with Crippen molar-refractivity contribution in [2.75, 3.05) is 34.3 Å². The van der Waals surface area contributed by atoms with Gasteiger partial charge in [-0.2, -0.15) is 0 Å². The van der Waals surface area contributed by atoms with Crippen LogP contribution in [0.25, 0.3) is 5.76 Å². The molecule has 7 nitrogen and oxygen atoms in total. The number of amides is 1. The minimum Gasteiger partial charge on any atom is -0.507 e. The van der Waals surface area contributed by atoms with E-state index in [1.165, 1.54) is 12.0 Å². The number of Topliss-reactive ketones (excluding diaryl/α,β-unsaturated/α-hetero) is 1. The molecule has 0 spiro atoms. The predicted octanol–water partition coefficient (Wildman–Crippen LogP) is 4.76. The smallest absolute Gasteiger partial charge is 0.295 e. The molecule has 1 atom stereocenters.